The highest BCUT2D eigenvalue weighted by Crippen LogP contribution is 2.52. The van der Waals surface area contributed by atoms with E-state index in [1.54, 1.807) is 6.07 Å². The number of nitrogens with zero attached hydrogens (tertiary/aromatic N) is 2. The average Bonchev–Trinajstić information content (AvgIpc) is 3.97. The third-order valence-corrected chi connectivity index (χ3v) is 11.5. The normalized spacial score (nSPS) is 16.1. The Morgan fingerprint density at radius 3 is 1.86 bits per heavy atom. The first kappa shape index (κ1) is 54.7. The van der Waals surface area contributed by atoms with E-state index in [9.17, 15) is 32.7 Å². The molecule has 0 saturated heterocycles. The Balaban J connectivity index is 0.00000121. The van der Waals surface area contributed by atoms with Gasteiger partial charge in [0.2, 0.25) is 5.36 Å². The maximum Gasteiger partial charge on any atom is 0.430 e. The number of amides is 2. The number of alkyl carbamates (subject to hydrolysis) is 1. The van der Waals surface area contributed by atoms with Gasteiger partial charge in [-0.3, -0.25) is 4.79 Å². The zero-order valence-electron chi connectivity index (χ0n) is 39.8. The Labute approximate surface area is 404 Å². The second kappa shape index (κ2) is 27.2. The van der Waals surface area contributed by atoms with E-state index >= 15 is 0 Å². The average molecular weight is 983 g/mol. The summed E-state index contributed by atoms with van der Waals surface area (Å²) in [4.78, 5) is 48.6. The fourth-order valence-corrected chi connectivity index (χ4v) is 7.84. The molecule has 2 amide bonds. The first-order valence-electron chi connectivity index (χ1n) is 22.9. The summed E-state index contributed by atoms with van der Waals surface area (Å²) in [6.45, 7) is 4.96. The molecule has 2 aromatic rings. The fourth-order valence-electron chi connectivity index (χ4n) is 7.84. The summed E-state index contributed by atoms with van der Waals surface area (Å²) in [6.07, 6.45) is -1.48. The van der Waals surface area contributed by atoms with Gasteiger partial charge in [-0.2, -0.15) is 13.2 Å². The number of carbonyl (C=O) groups excluding carboxylic acids is 3. The number of aliphatic carboxylic acids is 1. The van der Waals surface area contributed by atoms with Crippen LogP contribution in [0, 0.1) is 29.6 Å². The molecule has 70 heavy (non-hydrogen) atoms. The number of benzene rings is 3. The van der Waals surface area contributed by atoms with Crippen LogP contribution >= 0.6 is 0 Å². The largest absolute Gasteiger partial charge is 0.542 e. The molecule has 3 atom stereocenters. The Hall–Kier alpha value is -6.24. The van der Waals surface area contributed by atoms with Crippen molar-refractivity contribution in [3.63, 3.8) is 0 Å². The number of carboxylic acid groups (broad SMARTS) is 2. The number of halogens is 3. The van der Waals surface area contributed by atoms with Crippen LogP contribution in [-0.2, 0) is 33.2 Å². The Bertz CT molecular complexity index is 2480. The number of nitrogens with one attached hydrogen (secondary N) is 2. The van der Waals surface area contributed by atoms with E-state index in [2.05, 4.69) is 22.5 Å². The summed E-state index contributed by atoms with van der Waals surface area (Å²) in [6, 6.07) is 16.2. The second-order valence-electron chi connectivity index (χ2n) is 16.7. The molecular weight excluding hydrogens is 922 g/mol. The maximum absolute atomic E-state index is 13.3. The summed E-state index contributed by atoms with van der Waals surface area (Å²) < 4.78 is 73.1. The predicted octanol–water partition coefficient (Wildman–Crippen LogP) is 4.28. The maximum atomic E-state index is 13.3. The number of hydrogen-bond acceptors (Lipinski definition) is 13. The highest BCUT2D eigenvalue weighted by Gasteiger charge is 2.49. The van der Waals surface area contributed by atoms with E-state index in [-0.39, 0.29) is 24.6 Å². The lowest BCUT2D eigenvalue weighted by atomic mass is 9.89. The van der Waals surface area contributed by atoms with Crippen LogP contribution in [0.1, 0.15) is 46.4 Å². The van der Waals surface area contributed by atoms with Crippen LogP contribution in [0.5, 0.6) is 0 Å². The second-order valence-corrected chi connectivity index (χ2v) is 16.7. The Morgan fingerprint density at radius 1 is 0.771 bits per heavy atom. The van der Waals surface area contributed by atoms with Crippen LogP contribution in [0.2, 0.25) is 0 Å². The van der Waals surface area contributed by atoms with Gasteiger partial charge in [0.25, 0.3) is 5.91 Å². The van der Waals surface area contributed by atoms with Crippen LogP contribution < -0.4 is 30.6 Å². The van der Waals surface area contributed by atoms with Crippen molar-refractivity contribution in [3.8, 4) is 34.3 Å². The molecule has 380 valence electrons. The lowest BCUT2D eigenvalue weighted by molar-refractivity contribution is -0.344. The number of aromatic carboxylic acids is 1. The molecule has 0 spiro atoms. The molecule has 0 radical (unpaired) electrons. The van der Waals surface area contributed by atoms with Gasteiger partial charge >= 0.3 is 18.2 Å². The van der Waals surface area contributed by atoms with Crippen LogP contribution in [0.4, 0.5) is 23.7 Å². The van der Waals surface area contributed by atoms with Crippen LogP contribution in [-0.4, -0.2) is 149 Å². The number of fused-ring (bicyclic) bond motifs is 3. The van der Waals surface area contributed by atoms with Crippen molar-refractivity contribution in [1.82, 2.24) is 15.2 Å². The molecule has 0 unspecified atom stereocenters. The van der Waals surface area contributed by atoms with Gasteiger partial charge in [0.15, 0.2) is 0 Å². The highest BCUT2D eigenvalue weighted by atomic mass is 19.4. The molecule has 0 bridgehead atoms. The van der Waals surface area contributed by atoms with Crippen molar-refractivity contribution < 1.29 is 75.4 Å². The van der Waals surface area contributed by atoms with Crippen LogP contribution in [0.25, 0.3) is 33.4 Å². The minimum atomic E-state index is -5.19. The van der Waals surface area contributed by atoms with Crippen LogP contribution in [0.15, 0.2) is 59.0 Å². The quantitative estimate of drug-likeness (QED) is 0.0388. The van der Waals surface area contributed by atoms with Crippen molar-refractivity contribution in [2.45, 2.75) is 31.9 Å². The summed E-state index contributed by atoms with van der Waals surface area (Å²) in [5, 5.41) is 26.3. The summed E-state index contributed by atoms with van der Waals surface area (Å²) in [5.74, 6) is 4.30. The standard InChI is InChI=1S/C48H60N4O11.C2HF3O2/c1-51(2)34-12-15-39-43(30-34)63-44-31-35(52(3)4)13-16-40(44)45(39)41-29-33(11-14-38(41)47(54)55)46(53)49-17-19-57-21-23-59-25-27-61-28-26-60-24-22-58-20-18-50-48(56)62-32-42-36-9-7-5-6-8-10-37(36)42;3-2(4,5)1(6)7/h11-16,29-31,36-37,42H,7-10,17-28,32H2,1-4H3,(H2-,49,50,53,54,55,56);(H,6,7)/t36-,37+,42-;. The third kappa shape index (κ3) is 16.7. The molecule has 20 heteroatoms. The van der Waals surface area contributed by atoms with Gasteiger partial charge < -0.3 is 63.4 Å². The minimum Gasteiger partial charge on any atom is -0.542 e. The molecule has 1 aliphatic heterocycles. The van der Waals surface area contributed by atoms with E-state index in [0.717, 1.165) is 47.7 Å². The van der Waals surface area contributed by atoms with Gasteiger partial charge in [-0.25, -0.2) is 14.2 Å². The van der Waals surface area contributed by atoms with Crippen molar-refractivity contribution in [2.24, 2.45) is 17.8 Å². The van der Waals surface area contributed by atoms with Gasteiger partial charge in [-0.15, -0.1) is 11.8 Å². The summed E-state index contributed by atoms with van der Waals surface area (Å²) in [7, 11) is 7.76. The third-order valence-electron chi connectivity index (χ3n) is 11.5. The minimum absolute atomic E-state index is 0.0712. The van der Waals surface area contributed by atoms with Gasteiger partial charge in [0.05, 0.1) is 84.3 Å². The van der Waals surface area contributed by atoms with Crippen molar-refractivity contribution in [3.05, 3.63) is 71.1 Å². The highest BCUT2D eigenvalue weighted by molar-refractivity contribution is 6.09. The number of anilines is 1. The van der Waals surface area contributed by atoms with Crippen molar-refractivity contribution in [1.29, 1.82) is 0 Å². The van der Waals surface area contributed by atoms with Crippen molar-refractivity contribution >= 4 is 40.6 Å². The number of alkyl halides is 3. The van der Waals surface area contributed by atoms with E-state index in [1.807, 2.05) is 74.1 Å². The van der Waals surface area contributed by atoms with E-state index in [1.165, 1.54) is 12.1 Å². The number of ether oxygens (including phenoxy) is 6. The first-order chi connectivity index (χ1) is 33.6. The van der Waals surface area contributed by atoms with Gasteiger partial charge in [-0.1, -0.05) is 0 Å². The Kier molecular flexibility index (Phi) is 21.3. The number of carbonyl (C=O) groups is 4. The van der Waals surface area contributed by atoms with Gasteiger partial charge in [0.1, 0.15) is 31.4 Å². The Morgan fingerprint density at radius 2 is 1.33 bits per heavy atom. The van der Waals surface area contributed by atoms with E-state index in [4.69, 9.17) is 42.7 Å². The zero-order valence-corrected chi connectivity index (χ0v) is 39.8. The van der Waals surface area contributed by atoms with Gasteiger partial charge in [-0.05, 0) is 72.6 Å². The lowest BCUT2D eigenvalue weighted by Gasteiger charge is -2.19. The summed E-state index contributed by atoms with van der Waals surface area (Å²) >= 11 is 0. The molecule has 3 aliphatic carbocycles. The smallest absolute Gasteiger partial charge is 0.430 e. The monoisotopic (exact) mass is 982 g/mol. The molecule has 1 fully saturated rings. The molecular formula is C50H61F3N4O13. The number of hydrogen-bond donors (Lipinski definition) is 3. The first-order valence-corrected chi connectivity index (χ1v) is 22.9. The van der Waals surface area contributed by atoms with Gasteiger partial charge in [0, 0.05) is 79.9 Å². The van der Waals surface area contributed by atoms with E-state index < -0.39 is 24.2 Å². The SMILES string of the molecule is CN(C)c1ccc2c(-c3cc(C(=O)NCCOCCOCCOCCOCCOCCNC(=O)OC[C@@H]4[C@@H]5CCC#CCC[C@@H]54)ccc3C(=O)O)c3ccc(=[N+](C)C)cc-3oc2c1.O=C([O-])C(F)(F)F. The molecule has 0 aromatic heterocycles. The molecule has 3 N–H and O–H groups in total. The predicted molar refractivity (Wildman–Crippen MR) is 250 cm³/mol. The number of carboxylic acids is 2. The summed E-state index contributed by atoms with van der Waals surface area (Å²) in [5.41, 5.74) is 3.72. The zero-order chi connectivity index (χ0) is 50.6. The lowest BCUT2D eigenvalue weighted by Crippen LogP contribution is -2.37. The number of rotatable bonds is 24. The molecule has 6 rings (SSSR count). The molecule has 1 heterocycles. The molecule has 17 nitrogen and oxygen atoms in total. The fraction of sp³-hybridized carbons (Fsp3) is 0.500. The van der Waals surface area contributed by atoms with Crippen LogP contribution in [0.3, 0.4) is 0 Å². The topological polar surface area (TPSA) is 210 Å². The molecule has 2 aromatic carbocycles. The molecule has 4 aliphatic rings. The van der Waals surface area contributed by atoms with Crippen molar-refractivity contribution in [2.75, 3.05) is 119 Å². The molecule has 1 saturated carbocycles. The van der Waals surface area contributed by atoms with E-state index in [0.29, 0.717) is 118 Å².